The molecule has 4 heterocycles. The molecule has 15 heteroatoms. The molecule has 4 aromatic heterocycles. The lowest BCUT2D eigenvalue weighted by atomic mass is 10.1. The molecular formula is C21H16F3N9O3. The summed E-state index contributed by atoms with van der Waals surface area (Å²) in [5, 5.41) is 11.6. The molecule has 12 nitrogen and oxygen atoms in total. The van der Waals surface area contributed by atoms with Gasteiger partial charge in [-0.1, -0.05) is 6.92 Å². The number of aromatic nitrogens is 7. The molecule has 0 aromatic carbocycles. The smallest absolute Gasteiger partial charge is 0.311 e. The van der Waals surface area contributed by atoms with Crippen molar-refractivity contribution in [3.8, 4) is 23.0 Å². The largest absolute Gasteiger partial charge is 0.451 e. The van der Waals surface area contributed by atoms with Crippen LogP contribution in [0, 0.1) is 11.3 Å². The van der Waals surface area contributed by atoms with E-state index in [0.717, 1.165) is 21.5 Å². The number of carbonyl (C=O) groups is 1. The fraction of sp³-hybridized carbons (Fsp3) is 0.238. The monoisotopic (exact) mass is 499 g/mol. The Bertz CT molecular complexity index is 1640. The Morgan fingerprint density at radius 1 is 1.17 bits per heavy atom. The van der Waals surface area contributed by atoms with E-state index in [9.17, 15) is 27.6 Å². The number of rotatable bonds is 5. The van der Waals surface area contributed by atoms with Crippen molar-refractivity contribution in [1.29, 1.82) is 5.26 Å². The minimum atomic E-state index is -4.76. The molecule has 0 spiro atoms. The molecule has 1 amide bonds. The van der Waals surface area contributed by atoms with Gasteiger partial charge in [-0.05, 0) is 12.1 Å². The van der Waals surface area contributed by atoms with Crippen LogP contribution in [0.3, 0.4) is 0 Å². The lowest BCUT2D eigenvalue weighted by Crippen LogP contribution is -2.39. The molecule has 0 bridgehead atoms. The quantitative estimate of drug-likeness (QED) is 0.435. The van der Waals surface area contributed by atoms with Crippen LogP contribution in [0.5, 0.6) is 0 Å². The van der Waals surface area contributed by atoms with Crippen LogP contribution in [0.15, 0.2) is 40.4 Å². The molecule has 0 aliphatic carbocycles. The molecule has 1 N–H and O–H groups in total. The van der Waals surface area contributed by atoms with Gasteiger partial charge >= 0.3 is 11.9 Å². The van der Waals surface area contributed by atoms with Crippen LogP contribution in [0.1, 0.15) is 19.2 Å². The zero-order chi connectivity index (χ0) is 26.2. The lowest BCUT2D eigenvalue weighted by Gasteiger charge is -2.14. The Balaban J connectivity index is 1.99. The Hall–Kier alpha value is -4.87. The summed E-state index contributed by atoms with van der Waals surface area (Å²) in [6, 6.07) is 4.65. The molecule has 0 saturated heterocycles. The number of pyridine rings is 1. The maximum absolute atomic E-state index is 13.1. The number of aryl methyl sites for hydroxylation is 1. The van der Waals surface area contributed by atoms with E-state index < -0.39 is 29.8 Å². The average molecular weight is 499 g/mol. The van der Waals surface area contributed by atoms with Crippen molar-refractivity contribution in [2.45, 2.75) is 26.1 Å². The Morgan fingerprint density at radius 2 is 1.86 bits per heavy atom. The van der Waals surface area contributed by atoms with Gasteiger partial charge in [0.15, 0.2) is 11.2 Å². The van der Waals surface area contributed by atoms with Gasteiger partial charge in [-0.25, -0.2) is 29.3 Å². The highest BCUT2D eigenvalue weighted by Crippen LogP contribution is 2.30. The van der Waals surface area contributed by atoms with Crippen molar-refractivity contribution in [1.82, 2.24) is 33.6 Å². The van der Waals surface area contributed by atoms with Crippen LogP contribution in [-0.4, -0.2) is 39.5 Å². The van der Waals surface area contributed by atoms with Crippen molar-refractivity contribution >= 4 is 22.9 Å². The fourth-order valence-electron chi connectivity index (χ4n) is 3.42. The fourth-order valence-corrected chi connectivity index (χ4v) is 3.42. The predicted octanol–water partition coefficient (Wildman–Crippen LogP) is 1.63. The van der Waals surface area contributed by atoms with Gasteiger partial charge in [0.05, 0.1) is 17.5 Å². The zero-order valence-electron chi connectivity index (χ0n) is 18.7. The summed E-state index contributed by atoms with van der Waals surface area (Å²) < 4.78 is 42.0. The number of imidazole rings is 1. The Morgan fingerprint density at radius 3 is 2.47 bits per heavy atom. The van der Waals surface area contributed by atoms with Crippen LogP contribution in [0.4, 0.5) is 19.0 Å². The number of carbonyl (C=O) groups excluding carboxylic acids is 1. The minimum Gasteiger partial charge on any atom is -0.311 e. The third-order valence-electron chi connectivity index (χ3n) is 5.16. The predicted molar refractivity (Wildman–Crippen MR) is 119 cm³/mol. The molecular weight excluding hydrogens is 483 g/mol. The van der Waals surface area contributed by atoms with Crippen LogP contribution in [0.2, 0.25) is 0 Å². The molecule has 184 valence electrons. The van der Waals surface area contributed by atoms with Gasteiger partial charge in [0.2, 0.25) is 11.7 Å². The highest BCUT2D eigenvalue weighted by atomic mass is 19.4. The normalized spacial score (nSPS) is 11.4. The summed E-state index contributed by atoms with van der Waals surface area (Å²) in [7, 11) is 1.38. The van der Waals surface area contributed by atoms with Crippen molar-refractivity contribution in [2.24, 2.45) is 7.05 Å². The highest BCUT2D eigenvalue weighted by Gasteiger charge is 2.34. The second-order valence-electron chi connectivity index (χ2n) is 7.44. The molecule has 0 aliphatic heterocycles. The number of alkyl halides is 3. The standard InChI is InChI=1S/C21H16F3N9O3/c1-3-14(34)29-13-5-4-12(15(30-13)11-8-26-19(27-9-11)21(22,23)24)33-10-28-17-16(33)18(35)32(7-6-25)20(36)31(17)2/h4-5,8-10H,3,7H2,1-2H3,(H,29,30,34). The summed E-state index contributed by atoms with van der Waals surface area (Å²) in [6.45, 7) is 1.12. The number of nitriles is 1. The van der Waals surface area contributed by atoms with E-state index >= 15 is 0 Å². The van der Waals surface area contributed by atoms with Gasteiger partial charge in [0, 0.05) is 31.4 Å². The number of nitrogens with one attached hydrogen (secondary N) is 1. The number of hydrogen-bond acceptors (Lipinski definition) is 8. The summed E-state index contributed by atoms with van der Waals surface area (Å²) in [5.74, 6) is -1.61. The van der Waals surface area contributed by atoms with E-state index in [0.29, 0.717) is 0 Å². The van der Waals surface area contributed by atoms with Gasteiger partial charge in [-0.2, -0.15) is 18.4 Å². The van der Waals surface area contributed by atoms with E-state index in [1.807, 2.05) is 0 Å². The summed E-state index contributed by atoms with van der Waals surface area (Å²) in [5.41, 5.74) is -1.36. The SMILES string of the molecule is CCC(=O)Nc1ccc(-n2cnc3c2c(=O)n(CC#N)c(=O)n3C)c(-c2cnc(C(F)(F)F)nc2)n1. The summed E-state index contributed by atoms with van der Waals surface area (Å²) in [4.78, 5) is 52.7. The van der Waals surface area contributed by atoms with E-state index in [1.165, 1.54) is 30.1 Å². The van der Waals surface area contributed by atoms with Gasteiger partial charge in [-0.15, -0.1) is 0 Å². The van der Waals surface area contributed by atoms with Crippen molar-refractivity contribution in [3.05, 3.63) is 57.5 Å². The summed E-state index contributed by atoms with van der Waals surface area (Å²) in [6.07, 6.45) is -1.55. The van der Waals surface area contributed by atoms with Crippen LogP contribution < -0.4 is 16.6 Å². The maximum atomic E-state index is 13.1. The van der Waals surface area contributed by atoms with Crippen LogP contribution in [0.25, 0.3) is 28.1 Å². The van der Waals surface area contributed by atoms with Crippen molar-refractivity contribution < 1.29 is 18.0 Å². The van der Waals surface area contributed by atoms with Gasteiger partial charge in [-0.3, -0.25) is 18.7 Å². The molecule has 0 unspecified atom stereocenters. The molecule has 0 aliphatic rings. The third kappa shape index (κ3) is 4.19. The molecule has 0 fully saturated rings. The zero-order valence-corrected chi connectivity index (χ0v) is 18.7. The van der Waals surface area contributed by atoms with Crippen molar-refractivity contribution in [3.63, 3.8) is 0 Å². The number of anilines is 1. The van der Waals surface area contributed by atoms with E-state index in [1.54, 1.807) is 13.0 Å². The third-order valence-corrected chi connectivity index (χ3v) is 5.16. The first-order valence-corrected chi connectivity index (χ1v) is 10.3. The molecule has 36 heavy (non-hydrogen) atoms. The molecule has 4 rings (SSSR count). The van der Waals surface area contributed by atoms with E-state index in [-0.39, 0.29) is 46.3 Å². The molecule has 0 radical (unpaired) electrons. The Kier molecular flexibility index (Phi) is 6.10. The average Bonchev–Trinajstić information content (AvgIpc) is 3.30. The lowest BCUT2D eigenvalue weighted by molar-refractivity contribution is -0.145. The van der Waals surface area contributed by atoms with E-state index in [2.05, 4.69) is 25.3 Å². The second kappa shape index (κ2) is 9.06. The number of hydrogen-bond donors (Lipinski definition) is 1. The van der Waals surface area contributed by atoms with Gasteiger partial charge in [0.1, 0.15) is 18.7 Å². The van der Waals surface area contributed by atoms with Crippen LogP contribution in [-0.2, 0) is 24.6 Å². The molecule has 4 aromatic rings. The second-order valence-corrected chi connectivity index (χ2v) is 7.44. The maximum Gasteiger partial charge on any atom is 0.451 e. The summed E-state index contributed by atoms with van der Waals surface area (Å²) >= 11 is 0. The van der Waals surface area contributed by atoms with Crippen LogP contribution >= 0.6 is 0 Å². The number of fused-ring (bicyclic) bond motifs is 1. The minimum absolute atomic E-state index is 0.0113. The van der Waals surface area contributed by atoms with Gasteiger partial charge in [0.25, 0.3) is 5.56 Å². The number of amides is 1. The first-order chi connectivity index (χ1) is 17.1. The van der Waals surface area contributed by atoms with Gasteiger partial charge < -0.3 is 5.32 Å². The first-order valence-electron chi connectivity index (χ1n) is 10.3. The molecule has 0 saturated carbocycles. The first kappa shape index (κ1) is 24.3. The van der Waals surface area contributed by atoms with E-state index in [4.69, 9.17) is 5.26 Å². The van der Waals surface area contributed by atoms with Crippen molar-refractivity contribution in [2.75, 3.05) is 5.32 Å². The Labute approximate surface area is 199 Å². The topological polar surface area (TPSA) is 153 Å². The number of halogens is 3. The highest BCUT2D eigenvalue weighted by molar-refractivity contribution is 5.90. The number of nitrogens with zero attached hydrogens (tertiary/aromatic N) is 8. The molecule has 0 atom stereocenters.